The van der Waals surface area contributed by atoms with Crippen molar-refractivity contribution in [2.75, 3.05) is 6.61 Å². The highest BCUT2D eigenvalue weighted by molar-refractivity contribution is 5.71. The fourth-order valence-corrected chi connectivity index (χ4v) is 2.90. The molecule has 0 unspecified atom stereocenters. The van der Waals surface area contributed by atoms with Crippen LogP contribution in [-0.4, -0.2) is 25.7 Å². The maximum absolute atomic E-state index is 13.0. The van der Waals surface area contributed by atoms with Gasteiger partial charge in [0.1, 0.15) is 5.52 Å². The summed E-state index contributed by atoms with van der Waals surface area (Å²) in [6, 6.07) is 10.3. The molecule has 2 aromatic heterocycles. The topological polar surface area (TPSA) is 61.9 Å². The molecule has 0 bridgehead atoms. The molecule has 0 fully saturated rings. The van der Waals surface area contributed by atoms with Crippen molar-refractivity contribution in [1.29, 1.82) is 0 Å². The van der Waals surface area contributed by atoms with E-state index in [9.17, 15) is 4.79 Å². The number of imidazole rings is 1. The molecule has 0 aliphatic carbocycles. The van der Waals surface area contributed by atoms with Crippen LogP contribution in [0.5, 0.6) is 6.01 Å². The molecule has 26 heavy (non-hydrogen) atoms. The summed E-state index contributed by atoms with van der Waals surface area (Å²) in [7, 11) is 0. The second kappa shape index (κ2) is 8.65. The Bertz CT molecular complexity index is 899. The van der Waals surface area contributed by atoms with Gasteiger partial charge in [-0.05, 0) is 18.4 Å². The highest BCUT2D eigenvalue weighted by atomic mass is 16.5. The van der Waals surface area contributed by atoms with E-state index in [4.69, 9.17) is 4.74 Å². The van der Waals surface area contributed by atoms with Crippen molar-refractivity contribution in [3.63, 3.8) is 0 Å². The van der Waals surface area contributed by atoms with Crippen LogP contribution in [0.25, 0.3) is 11.2 Å². The minimum absolute atomic E-state index is 0.0442. The van der Waals surface area contributed by atoms with E-state index in [1.54, 1.807) is 15.3 Å². The summed E-state index contributed by atoms with van der Waals surface area (Å²) in [6.07, 6.45) is 5.68. The van der Waals surface area contributed by atoms with Gasteiger partial charge in [-0.3, -0.25) is 9.13 Å². The molecule has 0 radical (unpaired) electrons. The van der Waals surface area contributed by atoms with E-state index in [2.05, 4.69) is 23.8 Å². The predicted molar refractivity (Wildman–Crippen MR) is 103 cm³/mol. The van der Waals surface area contributed by atoms with E-state index in [0.717, 1.165) is 36.8 Å². The first-order valence-electron chi connectivity index (χ1n) is 9.37. The zero-order valence-electron chi connectivity index (χ0n) is 15.5. The lowest BCUT2D eigenvalue weighted by atomic mass is 10.2. The molecule has 138 valence electrons. The molecule has 6 heteroatoms. The Balaban J connectivity index is 2.02. The molecule has 0 N–H and O–H groups in total. The van der Waals surface area contributed by atoms with Gasteiger partial charge in [-0.2, -0.15) is 4.98 Å². The first-order chi connectivity index (χ1) is 12.7. The number of unbranched alkanes of at least 4 members (excludes halogenated alkanes) is 2. The summed E-state index contributed by atoms with van der Waals surface area (Å²) in [6.45, 7) is 5.97. The van der Waals surface area contributed by atoms with Crippen molar-refractivity contribution in [3.05, 3.63) is 52.6 Å². The van der Waals surface area contributed by atoms with Gasteiger partial charge in [-0.25, -0.2) is 9.78 Å². The molecular weight excluding hydrogens is 328 g/mol. The maximum Gasteiger partial charge on any atom is 0.330 e. The third-order valence-electron chi connectivity index (χ3n) is 4.38. The van der Waals surface area contributed by atoms with Crippen LogP contribution in [0.15, 0.2) is 41.3 Å². The van der Waals surface area contributed by atoms with E-state index in [-0.39, 0.29) is 5.69 Å². The highest BCUT2D eigenvalue weighted by Crippen LogP contribution is 2.16. The Labute approximate surface area is 153 Å². The molecule has 2 heterocycles. The van der Waals surface area contributed by atoms with Crippen molar-refractivity contribution in [2.24, 2.45) is 0 Å². The van der Waals surface area contributed by atoms with Crippen LogP contribution >= 0.6 is 0 Å². The monoisotopic (exact) mass is 354 g/mol. The van der Waals surface area contributed by atoms with E-state index in [1.807, 2.05) is 30.3 Å². The van der Waals surface area contributed by atoms with Gasteiger partial charge in [-0.1, -0.05) is 57.0 Å². The van der Waals surface area contributed by atoms with Gasteiger partial charge in [-0.15, -0.1) is 0 Å². The van der Waals surface area contributed by atoms with E-state index >= 15 is 0 Å². The number of hydrogen-bond acceptors (Lipinski definition) is 4. The lowest BCUT2D eigenvalue weighted by molar-refractivity contribution is 0.286. The van der Waals surface area contributed by atoms with Gasteiger partial charge in [0.15, 0.2) is 5.65 Å². The third-order valence-corrected chi connectivity index (χ3v) is 4.38. The maximum atomic E-state index is 13.0. The normalized spacial score (nSPS) is 11.2. The largest absolute Gasteiger partial charge is 0.463 e. The zero-order valence-corrected chi connectivity index (χ0v) is 15.5. The molecule has 6 nitrogen and oxygen atoms in total. The van der Waals surface area contributed by atoms with Crippen molar-refractivity contribution in [3.8, 4) is 6.01 Å². The average Bonchev–Trinajstić information content (AvgIpc) is 2.92. The molecule has 1 aromatic carbocycles. The van der Waals surface area contributed by atoms with Gasteiger partial charge in [0, 0.05) is 6.54 Å². The van der Waals surface area contributed by atoms with Crippen LogP contribution in [0.1, 0.15) is 45.1 Å². The van der Waals surface area contributed by atoms with Crippen LogP contribution in [0.2, 0.25) is 0 Å². The third kappa shape index (κ3) is 3.95. The summed E-state index contributed by atoms with van der Waals surface area (Å²) in [5.74, 6) is 0. The molecule has 0 spiro atoms. The number of aromatic nitrogens is 4. The first-order valence-corrected chi connectivity index (χ1v) is 9.37. The second-order valence-electron chi connectivity index (χ2n) is 6.42. The van der Waals surface area contributed by atoms with Gasteiger partial charge < -0.3 is 4.74 Å². The lowest BCUT2D eigenvalue weighted by Gasteiger charge is -2.05. The number of benzene rings is 1. The molecule has 0 aliphatic rings. The summed E-state index contributed by atoms with van der Waals surface area (Å²) in [5, 5.41) is 0. The summed E-state index contributed by atoms with van der Waals surface area (Å²) in [5.41, 5.74) is 2.42. The minimum atomic E-state index is -0.0442. The van der Waals surface area contributed by atoms with Gasteiger partial charge in [0.2, 0.25) is 0 Å². The van der Waals surface area contributed by atoms with E-state index < -0.39 is 0 Å². The molecule has 0 aliphatic heterocycles. The number of nitrogens with zero attached hydrogens (tertiary/aromatic N) is 4. The zero-order chi connectivity index (χ0) is 18.4. The quantitative estimate of drug-likeness (QED) is 0.551. The molecular formula is C20H26N4O2. The molecule has 3 rings (SSSR count). The number of rotatable bonds is 9. The van der Waals surface area contributed by atoms with E-state index in [1.165, 1.54) is 0 Å². The fraction of sp³-hybridized carbons (Fsp3) is 0.450. The predicted octanol–water partition coefficient (Wildman–Crippen LogP) is 3.62. The minimum Gasteiger partial charge on any atom is -0.463 e. The smallest absolute Gasteiger partial charge is 0.330 e. The Morgan fingerprint density at radius 3 is 2.54 bits per heavy atom. The van der Waals surface area contributed by atoms with Crippen molar-refractivity contribution in [2.45, 2.75) is 52.6 Å². The summed E-state index contributed by atoms with van der Waals surface area (Å²) >= 11 is 0. The van der Waals surface area contributed by atoms with Crippen LogP contribution in [0.3, 0.4) is 0 Å². The molecule has 0 saturated carbocycles. The summed E-state index contributed by atoms with van der Waals surface area (Å²) in [4.78, 5) is 21.8. The van der Waals surface area contributed by atoms with Gasteiger partial charge in [0.25, 0.3) is 0 Å². The van der Waals surface area contributed by atoms with Crippen LogP contribution in [-0.2, 0) is 13.1 Å². The van der Waals surface area contributed by atoms with Gasteiger partial charge in [0.05, 0.1) is 19.3 Å². The standard InChI is InChI=1S/C20H26N4O2/c1-3-5-12-23-17-14-21-19(26-13-6-4-2)22-18(17)24(20(23)25)15-16-10-8-7-9-11-16/h7-11,14H,3-6,12-13,15H2,1-2H3. The molecule has 0 amide bonds. The Hall–Kier alpha value is -2.63. The number of aryl methyl sites for hydroxylation is 1. The first kappa shape index (κ1) is 18.2. The number of ether oxygens (including phenoxy) is 1. The average molecular weight is 354 g/mol. The van der Waals surface area contributed by atoms with Crippen LogP contribution < -0.4 is 10.4 Å². The van der Waals surface area contributed by atoms with Crippen LogP contribution in [0.4, 0.5) is 0 Å². The number of fused-ring (bicyclic) bond motifs is 1. The molecule has 3 aromatic rings. The second-order valence-corrected chi connectivity index (χ2v) is 6.42. The van der Waals surface area contributed by atoms with Gasteiger partial charge >= 0.3 is 11.7 Å². The number of hydrogen-bond donors (Lipinski definition) is 0. The van der Waals surface area contributed by atoms with Crippen molar-refractivity contribution in [1.82, 2.24) is 19.1 Å². The summed E-state index contributed by atoms with van der Waals surface area (Å²) < 4.78 is 9.14. The lowest BCUT2D eigenvalue weighted by Crippen LogP contribution is -2.25. The SMILES string of the molecule is CCCCOc1ncc2c(n1)n(Cc1ccccc1)c(=O)n2CCCC. The highest BCUT2D eigenvalue weighted by Gasteiger charge is 2.16. The Kier molecular flexibility index (Phi) is 6.04. The van der Waals surface area contributed by atoms with Crippen molar-refractivity contribution < 1.29 is 4.74 Å². The molecule has 0 saturated heterocycles. The Morgan fingerprint density at radius 2 is 1.81 bits per heavy atom. The molecule has 0 atom stereocenters. The Morgan fingerprint density at radius 1 is 1.04 bits per heavy atom. The van der Waals surface area contributed by atoms with Crippen LogP contribution in [0, 0.1) is 0 Å². The fourth-order valence-electron chi connectivity index (χ4n) is 2.90. The van der Waals surface area contributed by atoms with Crippen molar-refractivity contribution >= 4 is 11.2 Å². The van der Waals surface area contributed by atoms with E-state index in [0.29, 0.717) is 31.4 Å².